The fourth-order valence-electron chi connectivity index (χ4n) is 2.56. The number of carbonyl (C=O) groups excluding carboxylic acids is 1. The summed E-state index contributed by atoms with van der Waals surface area (Å²) in [4.78, 5) is 28.3. The van der Waals surface area contributed by atoms with Crippen molar-refractivity contribution in [3.8, 4) is 11.3 Å². The Kier molecular flexibility index (Phi) is 5.49. The molecule has 1 N–H and O–H groups in total. The van der Waals surface area contributed by atoms with Gasteiger partial charge in [0, 0.05) is 17.3 Å². The highest BCUT2D eigenvalue weighted by Crippen LogP contribution is 2.30. The molecule has 1 aromatic heterocycles. The third-order valence-corrected chi connectivity index (χ3v) is 4.16. The van der Waals surface area contributed by atoms with Gasteiger partial charge in [-0.25, -0.2) is 9.37 Å². The monoisotopic (exact) mass is 405 g/mol. The number of halogens is 4. The minimum Gasteiger partial charge on any atom is -0.324 e. The van der Waals surface area contributed by atoms with Crippen molar-refractivity contribution >= 4 is 11.6 Å². The summed E-state index contributed by atoms with van der Waals surface area (Å²) in [5, 5.41) is 2.48. The average Bonchev–Trinajstić information content (AvgIpc) is 2.66. The molecule has 2 aromatic carbocycles. The molecular weight excluding hydrogens is 390 g/mol. The third-order valence-electron chi connectivity index (χ3n) is 4.16. The number of aromatic nitrogens is 2. The van der Waals surface area contributed by atoms with E-state index in [0.717, 1.165) is 29.1 Å². The van der Waals surface area contributed by atoms with Gasteiger partial charge in [-0.05, 0) is 36.8 Å². The van der Waals surface area contributed by atoms with E-state index in [1.54, 1.807) is 6.92 Å². The Labute approximate surface area is 162 Å². The molecule has 1 heterocycles. The zero-order valence-electron chi connectivity index (χ0n) is 15.1. The van der Waals surface area contributed by atoms with Gasteiger partial charge in [-0.1, -0.05) is 18.2 Å². The molecule has 3 rings (SSSR count). The molecule has 0 saturated carbocycles. The lowest BCUT2D eigenvalue weighted by molar-refractivity contribution is -0.137. The number of anilines is 1. The number of alkyl halides is 3. The molecular formula is C20H15F4N3O2. The van der Waals surface area contributed by atoms with E-state index in [4.69, 9.17) is 0 Å². The van der Waals surface area contributed by atoms with Crippen LogP contribution in [-0.4, -0.2) is 15.5 Å². The van der Waals surface area contributed by atoms with Gasteiger partial charge in [0.05, 0.1) is 17.6 Å². The highest BCUT2D eigenvalue weighted by Gasteiger charge is 2.30. The molecule has 0 radical (unpaired) electrons. The molecule has 3 aromatic rings. The zero-order valence-corrected chi connectivity index (χ0v) is 15.1. The predicted molar refractivity (Wildman–Crippen MR) is 98.7 cm³/mol. The number of benzene rings is 2. The van der Waals surface area contributed by atoms with Crippen LogP contribution in [0, 0.1) is 12.7 Å². The summed E-state index contributed by atoms with van der Waals surface area (Å²) in [7, 11) is 0. The van der Waals surface area contributed by atoms with Crippen LogP contribution in [0.1, 0.15) is 11.1 Å². The predicted octanol–water partition coefficient (Wildman–Crippen LogP) is 4.02. The van der Waals surface area contributed by atoms with Crippen molar-refractivity contribution in [3.63, 3.8) is 0 Å². The van der Waals surface area contributed by atoms with Gasteiger partial charge in [-0.2, -0.15) is 13.2 Å². The summed E-state index contributed by atoms with van der Waals surface area (Å²) in [5.41, 5.74) is -0.162. The van der Waals surface area contributed by atoms with E-state index in [-0.39, 0.29) is 17.9 Å². The van der Waals surface area contributed by atoms with Crippen molar-refractivity contribution in [2.45, 2.75) is 19.6 Å². The van der Waals surface area contributed by atoms with Crippen molar-refractivity contribution in [3.05, 3.63) is 82.2 Å². The standard InChI is InChI=1S/C20H15F4N3O2/c1-12-2-7-15(8-16(12)21)26-18(28)10-27-11-25-17(9-19(27)29)13-3-5-14(6-4-13)20(22,23)24/h2-9,11H,10H2,1H3,(H,26,28). The van der Waals surface area contributed by atoms with Crippen LogP contribution in [-0.2, 0) is 17.5 Å². The van der Waals surface area contributed by atoms with Crippen LogP contribution in [0.3, 0.4) is 0 Å². The number of amides is 1. The van der Waals surface area contributed by atoms with Gasteiger partial charge in [0.1, 0.15) is 12.4 Å². The van der Waals surface area contributed by atoms with Crippen molar-refractivity contribution in [2.75, 3.05) is 5.32 Å². The van der Waals surface area contributed by atoms with E-state index >= 15 is 0 Å². The minimum absolute atomic E-state index is 0.181. The number of hydrogen-bond donors (Lipinski definition) is 1. The van der Waals surface area contributed by atoms with Crippen LogP contribution >= 0.6 is 0 Å². The van der Waals surface area contributed by atoms with Crippen molar-refractivity contribution < 1.29 is 22.4 Å². The first kappa shape index (κ1) is 20.2. The Morgan fingerprint density at radius 3 is 2.38 bits per heavy atom. The number of nitrogens with one attached hydrogen (secondary N) is 1. The second-order valence-corrected chi connectivity index (χ2v) is 6.33. The lowest BCUT2D eigenvalue weighted by Crippen LogP contribution is -2.27. The molecule has 0 aliphatic rings. The van der Waals surface area contributed by atoms with Gasteiger partial charge in [0.25, 0.3) is 5.56 Å². The quantitative estimate of drug-likeness (QED) is 0.667. The zero-order chi connectivity index (χ0) is 21.2. The number of aryl methyl sites for hydroxylation is 1. The maximum Gasteiger partial charge on any atom is 0.416 e. The summed E-state index contributed by atoms with van der Waals surface area (Å²) >= 11 is 0. The van der Waals surface area contributed by atoms with Crippen LogP contribution in [0.2, 0.25) is 0 Å². The number of nitrogens with zero attached hydrogens (tertiary/aromatic N) is 2. The fraction of sp³-hybridized carbons (Fsp3) is 0.150. The Morgan fingerprint density at radius 2 is 1.79 bits per heavy atom. The molecule has 0 aliphatic heterocycles. The topological polar surface area (TPSA) is 64.0 Å². The molecule has 29 heavy (non-hydrogen) atoms. The molecule has 0 atom stereocenters. The summed E-state index contributed by atoms with van der Waals surface area (Å²) < 4.78 is 52.5. The van der Waals surface area contributed by atoms with Gasteiger partial charge < -0.3 is 5.32 Å². The summed E-state index contributed by atoms with van der Waals surface area (Å²) in [5.74, 6) is -1.03. The minimum atomic E-state index is -4.46. The number of carbonyl (C=O) groups is 1. The largest absolute Gasteiger partial charge is 0.416 e. The van der Waals surface area contributed by atoms with Gasteiger partial charge in [-0.3, -0.25) is 14.2 Å². The molecule has 0 fully saturated rings. The SMILES string of the molecule is Cc1ccc(NC(=O)Cn2cnc(-c3ccc(C(F)(F)F)cc3)cc2=O)cc1F. The van der Waals surface area contributed by atoms with Crippen molar-refractivity contribution in [1.29, 1.82) is 0 Å². The smallest absolute Gasteiger partial charge is 0.324 e. The van der Waals surface area contributed by atoms with E-state index in [1.165, 1.54) is 30.3 Å². The van der Waals surface area contributed by atoms with E-state index in [0.29, 0.717) is 11.1 Å². The Bertz CT molecular complexity index is 1110. The highest BCUT2D eigenvalue weighted by atomic mass is 19.4. The second-order valence-electron chi connectivity index (χ2n) is 6.33. The molecule has 0 spiro atoms. The van der Waals surface area contributed by atoms with Crippen LogP contribution in [0.5, 0.6) is 0 Å². The number of hydrogen-bond acceptors (Lipinski definition) is 3. The van der Waals surface area contributed by atoms with E-state index in [9.17, 15) is 27.2 Å². The van der Waals surface area contributed by atoms with Gasteiger partial charge in [0.15, 0.2) is 0 Å². The molecule has 150 valence electrons. The maximum atomic E-state index is 13.5. The normalized spacial score (nSPS) is 11.3. The van der Waals surface area contributed by atoms with Gasteiger partial charge in [-0.15, -0.1) is 0 Å². The average molecular weight is 405 g/mol. The summed E-state index contributed by atoms with van der Waals surface area (Å²) in [6.45, 7) is 1.24. The first-order valence-electron chi connectivity index (χ1n) is 8.43. The first-order chi connectivity index (χ1) is 13.6. The van der Waals surface area contributed by atoms with E-state index < -0.39 is 29.0 Å². The van der Waals surface area contributed by atoms with Crippen LogP contribution < -0.4 is 10.9 Å². The highest BCUT2D eigenvalue weighted by molar-refractivity contribution is 5.90. The molecule has 0 saturated heterocycles. The van der Waals surface area contributed by atoms with Crippen LogP contribution in [0.15, 0.2) is 59.7 Å². The molecule has 5 nitrogen and oxygen atoms in total. The summed E-state index contributed by atoms with van der Waals surface area (Å²) in [6.07, 6.45) is -3.33. The van der Waals surface area contributed by atoms with E-state index in [2.05, 4.69) is 10.3 Å². The summed E-state index contributed by atoms with van der Waals surface area (Å²) in [6, 6.07) is 9.57. The molecule has 0 unspecified atom stereocenters. The van der Waals surface area contributed by atoms with Crippen molar-refractivity contribution in [2.24, 2.45) is 0 Å². The third kappa shape index (κ3) is 4.87. The molecule has 0 aliphatic carbocycles. The lowest BCUT2D eigenvalue weighted by atomic mass is 10.1. The molecule has 1 amide bonds. The molecule has 9 heteroatoms. The van der Waals surface area contributed by atoms with E-state index in [1.807, 2.05) is 0 Å². The first-order valence-corrected chi connectivity index (χ1v) is 8.43. The second kappa shape index (κ2) is 7.86. The van der Waals surface area contributed by atoms with Crippen LogP contribution in [0.4, 0.5) is 23.2 Å². The lowest BCUT2D eigenvalue weighted by Gasteiger charge is -2.09. The van der Waals surface area contributed by atoms with Gasteiger partial charge >= 0.3 is 6.18 Å². The molecule has 0 bridgehead atoms. The van der Waals surface area contributed by atoms with Gasteiger partial charge in [0.2, 0.25) is 5.91 Å². The Morgan fingerprint density at radius 1 is 1.10 bits per heavy atom. The Balaban J connectivity index is 1.73. The maximum absolute atomic E-state index is 13.5. The number of rotatable bonds is 4. The fourth-order valence-corrected chi connectivity index (χ4v) is 2.56. The van der Waals surface area contributed by atoms with Crippen molar-refractivity contribution in [1.82, 2.24) is 9.55 Å². The van der Waals surface area contributed by atoms with Crippen LogP contribution in [0.25, 0.3) is 11.3 Å². The Hall–Kier alpha value is -3.49.